The van der Waals surface area contributed by atoms with Gasteiger partial charge in [-0.25, -0.2) is 0 Å². The third-order valence-electron chi connectivity index (χ3n) is 3.37. The minimum atomic E-state index is 0.118. The number of benzene rings is 1. The van der Waals surface area contributed by atoms with Crippen LogP contribution in [-0.2, 0) is 16.1 Å². The molecule has 0 saturated heterocycles. The Labute approximate surface area is 121 Å². The molecule has 0 heterocycles. The van der Waals surface area contributed by atoms with Crippen LogP contribution >= 0.6 is 0 Å². The minimum absolute atomic E-state index is 0.118. The molecule has 2 N–H and O–H groups in total. The van der Waals surface area contributed by atoms with Gasteiger partial charge in [0.05, 0.1) is 6.10 Å². The maximum absolute atomic E-state index is 12.3. The maximum atomic E-state index is 12.3. The zero-order chi connectivity index (χ0) is 14.8. The molecular weight excluding hydrogens is 252 g/mol. The molecule has 0 radical (unpaired) electrons. The van der Waals surface area contributed by atoms with Gasteiger partial charge in [-0.1, -0.05) is 30.3 Å². The molecule has 4 nitrogen and oxygen atoms in total. The van der Waals surface area contributed by atoms with Crippen molar-refractivity contribution < 1.29 is 9.53 Å². The quantitative estimate of drug-likeness (QED) is 0.753. The van der Waals surface area contributed by atoms with Crippen LogP contribution in [0.3, 0.4) is 0 Å². The third-order valence-corrected chi connectivity index (χ3v) is 3.37. The van der Waals surface area contributed by atoms with E-state index in [1.807, 2.05) is 42.2 Å². The van der Waals surface area contributed by atoms with Gasteiger partial charge in [0.2, 0.25) is 5.91 Å². The Kier molecular flexibility index (Phi) is 7.92. The van der Waals surface area contributed by atoms with Gasteiger partial charge in [-0.3, -0.25) is 4.79 Å². The summed E-state index contributed by atoms with van der Waals surface area (Å²) in [6, 6.07) is 10.1. The van der Waals surface area contributed by atoms with E-state index in [9.17, 15) is 4.79 Å². The number of methoxy groups -OCH3 is 1. The van der Waals surface area contributed by atoms with Gasteiger partial charge in [0.25, 0.3) is 0 Å². The number of nitrogens with two attached hydrogens (primary N) is 1. The number of amides is 1. The molecule has 0 spiro atoms. The summed E-state index contributed by atoms with van der Waals surface area (Å²) in [5.41, 5.74) is 6.71. The smallest absolute Gasteiger partial charge is 0.222 e. The number of rotatable bonds is 9. The largest absolute Gasteiger partial charge is 0.382 e. The van der Waals surface area contributed by atoms with Crippen LogP contribution < -0.4 is 5.73 Å². The molecule has 20 heavy (non-hydrogen) atoms. The Morgan fingerprint density at radius 2 is 2.05 bits per heavy atom. The predicted octanol–water partition coefficient (Wildman–Crippen LogP) is 2.18. The first-order valence-corrected chi connectivity index (χ1v) is 7.22. The molecule has 0 bridgehead atoms. The molecule has 1 atom stereocenters. The minimum Gasteiger partial charge on any atom is -0.382 e. The molecule has 0 aliphatic carbocycles. The van der Waals surface area contributed by atoms with Crippen molar-refractivity contribution in [3.63, 3.8) is 0 Å². The number of nitrogens with zero attached hydrogens (tertiary/aromatic N) is 1. The van der Waals surface area contributed by atoms with Crippen molar-refractivity contribution in [3.8, 4) is 0 Å². The van der Waals surface area contributed by atoms with Crippen molar-refractivity contribution in [2.24, 2.45) is 5.73 Å². The Balaban J connectivity index is 2.56. The van der Waals surface area contributed by atoms with E-state index in [-0.39, 0.29) is 12.0 Å². The zero-order valence-corrected chi connectivity index (χ0v) is 12.5. The topological polar surface area (TPSA) is 55.6 Å². The van der Waals surface area contributed by atoms with Gasteiger partial charge in [0.1, 0.15) is 0 Å². The normalized spacial score (nSPS) is 12.2. The van der Waals surface area contributed by atoms with Gasteiger partial charge in [-0.05, 0) is 31.9 Å². The Morgan fingerprint density at radius 3 is 2.65 bits per heavy atom. The predicted molar refractivity (Wildman–Crippen MR) is 81.2 cm³/mol. The fourth-order valence-corrected chi connectivity index (χ4v) is 1.98. The van der Waals surface area contributed by atoms with Crippen LogP contribution in [0.25, 0.3) is 0 Å². The van der Waals surface area contributed by atoms with Crippen LogP contribution in [0.4, 0.5) is 0 Å². The van der Waals surface area contributed by atoms with Gasteiger partial charge in [-0.2, -0.15) is 0 Å². The van der Waals surface area contributed by atoms with Gasteiger partial charge in [-0.15, -0.1) is 0 Å². The summed E-state index contributed by atoms with van der Waals surface area (Å²) in [6.07, 6.45) is 2.22. The molecule has 0 aliphatic rings. The van der Waals surface area contributed by atoms with E-state index in [4.69, 9.17) is 10.5 Å². The zero-order valence-electron chi connectivity index (χ0n) is 12.5. The fourth-order valence-electron chi connectivity index (χ4n) is 1.98. The number of ether oxygens (including phenoxy) is 1. The first kappa shape index (κ1) is 16.7. The molecule has 112 valence electrons. The van der Waals surface area contributed by atoms with Crippen molar-refractivity contribution in [1.29, 1.82) is 0 Å². The molecular formula is C16H26N2O2. The molecule has 1 unspecified atom stereocenters. The van der Waals surface area contributed by atoms with Crippen LogP contribution in [0.1, 0.15) is 31.7 Å². The number of hydrogen-bond acceptors (Lipinski definition) is 3. The fraction of sp³-hybridized carbons (Fsp3) is 0.562. The highest BCUT2D eigenvalue weighted by Crippen LogP contribution is 2.09. The van der Waals surface area contributed by atoms with Crippen molar-refractivity contribution in [2.75, 3.05) is 20.2 Å². The lowest BCUT2D eigenvalue weighted by Crippen LogP contribution is -2.33. The second-order valence-corrected chi connectivity index (χ2v) is 5.03. The summed E-state index contributed by atoms with van der Waals surface area (Å²) in [6.45, 7) is 3.95. The van der Waals surface area contributed by atoms with Gasteiger partial charge in [0, 0.05) is 26.6 Å². The van der Waals surface area contributed by atoms with Crippen LogP contribution in [-0.4, -0.2) is 37.1 Å². The highest BCUT2D eigenvalue weighted by molar-refractivity contribution is 5.76. The summed E-state index contributed by atoms with van der Waals surface area (Å²) in [5.74, 6) is 0.172. The number of carbonyl (C=O) groups is 1. The van der Waals surface area contributed by atoms with E-state index in [1.54, 1.807) is 7.11 Å². The highest BCUT2D eigenvalue weighted by Gasteiger charge is 2.14. The Hall–Kier alpha value is -1.39. The van der Waals surface area contributed by atoms with Crippen LogP contribution in [0.15, 0.2) is 30.3 Å². The standard InChI is InChI=1S/C16H26N2O2/c1-14(20-2)9-10-16(19)18(12-6-11-17)13-15-7-4-3-5-8-15/h3-5,7-8,14H,6,9-13,17H2,1-2H3. The lowest BCUT2D eigenvalue weighted by Gasteiger charge is -2.23. The molecule has 1 rings (SSSR count). The van der Waals surface area contributed by atoms with E-state index in [0.717, 1.165) is 18.4 Å². The average Bonchev–Trinajstić information content (AvgIpc) is 2.49. The van der Waals surface area contributed by atoms with Gasteiger partial charge in [0.15, 0.2) is 0 Å². The van der Waals surface area contributed by atoms with E-state index in [0.29, 0.717) is 26.1 Å². The monoisotopic (exact) mass is 278 g/mol. The first-order chi connectivity index (χ1) is 9.67. The molecule has 1 aromatic rings. The van der Waals surface area contributed by atoms with E-state index in [1.165, 1.54) is 0 Å². The van der Waals surface area contributed by atoms with Crippen molar-refractivity contribution in [3.05, 3.63) is 35.9 Å². The number of hydrogen-bond donors (Lipinski definition) is 1. The molecule has 4 heteroatoms. The lowest BCUT2D eigenvalue weighted by molar-refractivity contribution is -0.132. The second-order valence-electron chi connectivity index (χ2n) is 5.03. The van der Waals surface area contributed by atoms with Crippen LogP contribution in [0.5, 0.6) is 0 Å². The average molecular weight is 278 g/mol. The third kappa shape index (κ3) is 6.17. The lowest BCUT2D eigenvalue weighted by atomic mass is 10.1. The van der Waals surface area contributed by atoms with Crippen molar-refractivity contribution in [1.82, 2.24) is 4.90 Å². The van der Waals surface area contributed by atoms with Crippen molar-refractivity contribution >= 4 is 5.91 Å². The SMILES string of the molecule is COC(C)CCC(=O)N(CCCN)Cc1ccccc1. The second kappa shape index (κ2) is 9.50. The summed E-state index contributed by atoms with van der Waals surface area (Å²) >= 11 is 0. The molecule has 0 fully saturated rings. The molecule has 1 amide bonds. The van der Waals surface area contributed by atoms with Crippen LogP contribution in [0, 0.1) is 0 Å². The van der Waals surface area contributed by atoms with E-state index in [2.05, 4.69) is 0 Å². The van der Waals surface area contributed by atoms with Crippen LogP contribution in [0.2, 0.25) is 0 Å². The molecule has 0 aliphatic heterocycles. The Morgan fingerprint density at radius 1 is 1.35 bits per heavy atom. The van der Waals surface area contributed by atoms with E-state index < -0.39 is 0 Å². The molecule has 0 saturated carbocycles. The number of carbonyl (C=O) groups excluding carboxylic acids is 1. The highest BCUT2D eigenvalue weighted by atomic mass is 16.5. The molecule has 1 aromatic carbocycles. The van der Waals surface area contributed by atoms with Gasteiger partial charge >= 0.3 is 0 Å². The Bertz CT molecular complexity index is 381. The first-order valence-electron chi connectivity index (χ1n) is 7.22. The summed E-state index contributed by atoms with van der Waals surface area (Å²) in [5, 5.41) is 0. The summed E-state index contributed by atoms with van der Waals surface area (Å²) in [4.78, 5) is 14.2. The maximum Gasteiger partial charge on any atom is 0.222 e. The summed E-state index contributed by atoms with van der Waals surface area (Å²) < 4.78 is 5.19. The van der Waals surface area contributed by atoms with Gasteiger partial charge < -0.3 is 15.4 Å². The van der Waals surface area contributed by atoms with E-state index >= 15 is 0 Å². The van der Waals surface area contributed by atoms with Crippen molar-refractivity contribution in [2.45, 2.75) is 38.8 Å². The molecule has 0 aromatic heterocycles. The summed E-state index contributed by atoms with van der Waals surface area (Å²) in [7, 11) is 1.67.